The predicted molar refractivity (Wildman–Crippen MR) is 75.6 cm³/mol. The first-order valence-corrected chi connectivity index (χ1v) is 8.13. The zero-order valence-corrected chi connectivity index (χ0v) is 12.0. The molecular formula is C13H15NO3S2. The highest BCUT2D eigenvalue weighted by atomic mass is 32.2. The van der Waals surface area contributed by atoms with E-state index in [4.69, 9.17) is 0 Å². The summed E-state index contributed by atoms with van der Waals surface area (Å²) in [7, 11) is -3.57. The molecule has 0 radical (unpaired) electrons. The van der Waals surface area contributed by atoms with Crippen molar-refractivity contribution in [2.75, 3.05) is 6.54 Å². The molecule has 1 heterocycles. The van der Waals surface area contributed by atoms with E-state index in [-0.39, 0.29) is 11.4 Å². The maximum atomic E-state index is 12.0. The third-order valence-electron chi connectivity index (χ3n) is 2.64. The average Bonchev–Trinajstić information content (AvgIpc) is 2.90. The fourth-order valence-electron chi connectivity index (χ4n) is 1.64. The molecule has 0 bridgehead atoms. The summed E-state index contributed by atoms with van der Waals surface area (Å²) in [5.41, 5.74) is 0.877. The Morgan fingerprint density at radius 2 is 2.11 bits per heavy atom. The van der Waals surface area contributed by atoms with Crippen molar-refractivity contribution in [2.24, 2.45) is 0 Å². The van der Waals surface area contributed by atoms with Gasteiger partial charge in [0.2, 0.25) is 10.0 Å². The Kier molecular flexibility index (Phi) is 4.36. The van der Waals surface area contributed by atoms with Gasteiger partial charge in [-0.15, -0.1) is 11.3 Å². The molecule has 1 aromatic heterocycles. The number of sulfonamides is 1. The second kappa shape index (κ2) is 5.83. The molecule has 0 aliphatic heterocycles. The van der Waals surface area contributed by atoms with Gasteiger partial charge in [0, 0.05) is 11.4 Å². The summed E-state index contributed by atoms with van der Waals surface area (Å²) < 4.78 is 26.5. The SMILES string of the molecule is Cc1cccc(S(=O)(=O)NC[C@@H](O)c2cccs2)c1. The number of aliphatic hydroxyl groups excluding tert-OH is 1. The van der Waals surface area contributed by atoms with Gasteiger partial charge in [0.25, 0.3) is 0 Å². The van der Waals surface area contributed by atoms with Gasteiger partial charge in [0.15, 0.2) is 0 Å². The number of hydrogen-bond donors (Lipinski definition) is 2. The molecule has 0 saturated heterocycles. The number of hydrogen-bond acceptors (Lipinski definition) is 4. The molecule has 0 aliphatic carbocycles. The zero-order chi connectivity index (χ0) is 13.9. The number of aryl methyl sites for hydroxylation is 1. The van der Waals surface area contributed by atoms with Crippen LogP contribution in [-0.2, 0) is 10.0 Å². The molecule has 1 aromatic carbocycles. The largest absolute Gasteiger partial charge is 0.386 e. The molecule has 0 aliphatic rings. The monoisotopic (exact) mass is 297 g/mol. The lowest BCUT2D eigenvalue weighted by Crippen LogP contribution is -2.28. The topological polar surface area (TPSA) is 66.4 Å². The molecule has 4 nitrogen and oxygen atoms in total. The van der Waals surface area contributed by atoms with E-state index >= 15 is 0 Å². The van der Waals surface area contributed by atoms with Gasteiger partial charge in [-0.25, -0.2) is 13.1 Å². The van der Waals surface area contributed by atoms with E-state index in [1.54, 1.807) is 18.2 Å². The summed E-state index contributed by atoms with van der Waals surface area (Å²) in [6, 6.07) is 10.3. The van der Waals surface area contributed by atoms with Gasteiger partial charge in [-0.3, -0.25) is 0 Å². The summed E-state index contributed by atoms with van der Waals surface area (Å²) in [6.07, 6.45) is -0.820. The van der Waals surface area contributed by atoms with Crippen molar-refractivity contribution in [1.29, 1.82) is 0 Å². The second-order valence-electron chi connectivity index (χ2n) is 4.20. The van der Waals surface area contributed by atoms with E-state index in [1.807, 2.05) is 24.4 Å². The normalized spacial score (nSPS) is 13.4. The molecule has 0 saturated carbocycles. The van der Waals surface area contributed by atoms with Gasteiger partial charge in [-0.2, -0.15) is 0 Å². The van der Waals surface area contributed by atoms with Gasteiger partial charge in [-0.05, 0) is 36.1 Å². The highest BCUT2D eigenvalue weighted by Gasteiger charge is 2.17. The number of benzene rings is 1. The summed E-state index contributed by atoms with van der Waals surface area (Å²) >= 11 is 1.40. The Labute approximate surface area is 116 Å². The maximum absolute atomic E-state index is 12.0. The number of rotatable bonds is 5. The van der Waals surface area contributed by atoms with Gasteiger partial charge in [-0.1, -0.05) is 18.2 Å². The molecule has 2 aromatic rings. The van der Waals surface area contributed by atoms with E-state index in [9.17, 15) is 13.5 Å². The number of nitrogens with one attached hydrogen (secondary N) is 1. The number of aliphatic hydroxyl groups is 1. The lowest BCUT2D eigenvalue weighted by atomic mass is 10.2. The fraction of sp³-hybridized carbons (Fsp3) is 0.231. The van der Waals surface area contributed by atoms with Crippen LogP contribution in [0.5, 0.6) is 0 Å². The van der Waals surface area contributed by atoms with Crippen LogP contribution in [0.4, 0.5) is 0 Å². The van der Waals surface area contributed by atoms with Crippen LogP contribution in [0.2, 0.25) is 0 Å². The van der Waals surface area contributed by atoms with Crippen molar-refractivity contribution in [3.05, 3.63) is 52.2 Å². The highest BCUT2D eigenvalue weighted by molar-refractivity contribution is 7.89. The van der Waals surface area contributed by atoms with Gasteiger partial charge >= 0.3 is 0 Å². The maximum Gasteiger partial charge on any atom is 0.240 e. The van der Waals surface area contributed by atoms with Crippen LogP contribution in [0.1, 0.15) is 16.5 Å². The molecular weight excluding hydrogens is 282 g/mol. The quantitative estimate of drug-likeness (QED) is 0.888. The summed E-state index contributed by atoms with van der Waals surface area (Å²) in [4.78, 5) is 0.956. The van der Waals surface area contributed by atoms with Crippen molar-refractivity contribution < 1.29 is 13.5 Å². The Hall–Kier alpha value is -1.21. The van der Waals surface area contributed by atoms with E-state index in [1.165, 1.54) is 17.4 Å². The molecule has 0 amide bonds. The summed E-state index contributed by atoms with van der Waals surface area (Å²) in [5, 5.41) is 11.7. The number of thiophene rings is 1. The third-order valence-corrected chi connectivity index (χ3v) is 5.03. The van der Waals surface area contributed by atoms with Gasteiger partial charge in [0.05, 0.1) is 4.90 Å². The van der Waals surface area contributed by atoms with Crippen LogP contribution in [0, 0.1) is 6.92 Å². The first kappa shape index (κ1) is 14.2. The smallest absolute Gasteiger partial charge is 0.240 e. The minimum absolute atomic E-state index is 0.0310. The first-order valence-electron chi connectivity index (χ1n) is 5.77. The van der Waals surface area contributed by atoms with Crippen molar-refractivity contribution >= 4 is 21.4 Å². The minimum Gasteiger partial charge on any atom is -0.386 e. The molecule has 0 spiro atoms. The Morgan fingerprint density at radius 3 is 2.74 bits per heavy atom. The average molecular weight is 297 g/mol. The first-order chi connectivity index (χ1) is 8.99. The van der Waals surface area contributed by atoms with Crippen molar-refractivity contribution in [1.82, 2.24) is 4.72 Å². The van der Waals surface area contributed by atoms with Crippen LogP contribution in [0.15, 0.2) is 46.7 Å². The van der Waals surface area contributed by atoms with Crippen LogP contribution in [0.25, 0.3) is 0 Å². The third kappa shape index (κ3) is 3.63. The van der Waals surface area contributed by atoms with Crippen LogP contribution < -0.4 is 4.72 Å². The van der Waals surface area contributed by atoms with E-state index < -0.39 is 16.1 Å². The lowest BCUT2D eigenvalue weighted by molar-refractivity contribution is 0.186. The molecule has 19 heavy (non-hydrogen) atoms. The highest BCUT2D eigenvalue weighted by Crippen LogP contribution is 2.18. The minimum atomic E-state index is -3.57. The van der Waals surface area contributed by atoms with E-state index in [2.05, 4.69) is 4.72 Å². The Balaban J connectivity index is 2.06. The van der Waals surface area contributed by atoms with Crippen molar-refractivity contribution in [3.63, 3.8) is 0 Å². The molecule has 1 atom stereocenters. The van der Waals surface area contributed by atoms with E-state index in [0.29, 0.717) is 0 Å². The van der Waals surface area contributed by atoms with Crippen molar-refractivity contribution in [3.8, 4) is 0 Å². The second-order valence-corrected chi connectivity index (χ2v) is 6.95. The standard InChI is InChI=1S/C13H15NO3S2/c1-10-4-2-5-11(8-10)19(16,17)14-9-12(15)13-6-3-7-18-13/h2-8,12,14-15H,9H2,1H3/t12-/m1/s1. The molecule has 2 N–H and O–H groups in total. The van der Waals surface area contributed by atoms with Crippen LogP contribution >= 0.6 is 11.3 Å². The Bertz CT molecular complexity index is 636. The van der Waals surface area contributed by atoms with Gasteiger partial charge < -0.3 is 5.11 Å². The van der Waals surface area contributed by atoms with Crippen LogP contribution in [-0.4, -0.2) is 20.1 Å². The fourth-order valence-corrected chi connectivity index (χ4v) is 3.49. The molecule has 0 unspecified atom stereocenters. The van der Waals surface area contributed by atoms with E-state index in [0.717, 1.165) is 10.4 Å². The molecule has 6 heteroatoms. The summed E-state index contributed by atoms with van der Waals surface area (Å²) in [5.74, 6) is 0. The summed E-state index contributed by atoms with van der Waals surface area (Å²) in [6.45, 7) is 1.80. The molecule has 0 fully saturated rings. The zero-order valence-electron chi connectivity index (χ0n) is 10.4. The van der Waals surface area contributed by atoms with Gasteiger partial charge in [0.1, 0.15) is 6.10 Å². The molecule has 2 rings (SSSR count). The lowest BCUT2D eigenvalue weighted by Gasteiger charge is -2.11. The Morgan fingerprint density at radius 1 is 1.32 bits per heavy atom. The van der Waals surface area contributed by atoms with Crippen LogP contribution in [0.3, 0.4) is 0 Å². The predicted octanol–water partition coefficient (Wildman–Crippen LogP) is 2.07. The van der Waals surface area contributed by atoms with Crippen molar-refractivity contribution in [2.45, 2.75) is 17.9 Å². The molecule has 102 valence electrons.